The summed E-state index contributed by atoms with van der Waals surface area (Å²) >= 11 is 6.49. The lowest BCUT2D eigenvalue weighted by Crippen LogP contribution is -2.43. The first kappa shape index (κ1) is 25.1. The summed E-state index contributed by atoms with van der Waals surface area (Å²) in [5.41, 5.74) is 1.65. The number of ether oxygens (including phenoxy) is 2. The van der Waals surface area contributed by atoms with Crippen LogP contribution in [-0.2, 0) is 9.47 Å². The molecule has 0 radical (unpaired) electrons. The smallest absolute Gasteiger partial charge is 0.223 e. The highest BCUT2D eigenvalue weighted by Crippen LogP contribution is 2.29. The zero-order valence-electron chi connectivity index (χ0n) is 20.2. The summed E-state index contributed by atoms with van der Waals surface area (Å²) < 4.78 is 10.7. The van der Waals surface area contributed by atoms with Crippen LogP contribution in [0.4, 0.5) is 11.8 Å². The van der Waals surface area contributed by atoms with Crippen LogP contribution in [0.25, 0.3) is 11.3 Å². The largest absolute Gasteiger partial charge is 0.383 e. The average Bonchev–Trinajstić information content (AvgIpc) is 2.86. The Hall–Kier alpha value is -2.00. The van der Waals surface area contributed by atoms with Crippen LogP contribution in [0.3, 0.4) is 0 Å². The van der Waals surface area contributed by atoms with Crippen molar-refractivity contribution in [1.82, 2.24) is 20.3 Å². The Balaban J connectivity index is 1.34. The molecule has 2 fully saturated rings. The van der Waals surface area contributed by atoms with Crippen molar-refractivity contribution in [3.63, 3.8) is 0 Å². The van der Waals surface area contributed by atoms with Gasteiger partial charge in [0.15, 0.2) is 0 Å². The summed E-state index contributed by atoms with van der Waals surface area (Å²) in [7, 11) is 1.75. The van der Waals surface area contributed by atoms with Gasteiger partial charge in [-0.15, -0.1) is 0 Å². The monoisotopic (exact) mass is 488 g/mol. The maximum absolute atomic E-state index is 6.49. The van der Waals surface area contributed by atoms with Crippen molar-refractivity contribution >= 4 is 23.4 Å². The van der Waals surface area contributed by atoms with Crippen molar-refractivity contribution in [2.45, 2.75) is 63.6 Å². The minimum Gasteiger partial charge on any atom is -0.383 e. The molecule has 2 aromatic heterocycles. The van der Waals surface area contributed by atoms with Gasteiger partial charge in [-0.3, -0.25) is 0 Å². The van der Waals surface area contributed by atoms with Gasteiger partial charge in [0, 0.05) is 56.8 Å². The molecule has 1 unspecified atom stereocenters. The zero-order chi connectivity index (χ0) is 23.8. The topological polar surface area (TPSA) is 93.2 Å². The summed E-state index contributed by atoms with van der Waals surface area (Å²) in [5.74, 6) is 2.07. The average molecular weight is 489 g/mol. The summed E-state index contributed by atoms with van der Waals surface area (Å²) in [5, 5.41) is 11.2. The first-order valence-electron chi connectivity index (χ1n) is 12.4. The van der Waals surface area contributed by atoms with Crippen molar-refractivity contribution in [1.29, 1.82) is 0 Å². The van der Waals surface area contributed by atoms with E-state index in [9.17, 15) is 0 Å². The van der Waals surface area contributed by atoms with E-state index in [1.165, 1.54) is 0 Å². The fourth-order valence-corrected chi connectivity index (χ4v) is 5.00. The maximum atomic E-state index is 6.49. The number of anilines is 2. The van der Waals surface area contributed by atoms with E-state index in [0.29, 0.717) is 35.0 Å². The van der Waals surface area contributed by atoms with Crippen LogP contribution in [0.2, 0.25) is 5.02 Å². The number of nitrogens with one attached hydrogen (secondary N) is 3. The van der Waals surface area contributed by atoms with E-state index in [1.807, 2.05) is 12.1 Å². The van der Waals surface area contributed by atoms with Crippen LogP contribution < -0.4 is 16.0 Å². The van der Waals surface area contributed by atoms with Gasteiger partial charge in [-0.25, -0.2) is 15.0 Å². The lowest BCUT2D eigenvalue weighted by atomic mass is 9.91. The van der Waals surface area contributed by atoms with Gasteiger partial charge in [0.2, 0.25) is 5.95 Å². The highest BCUT2D eigenvalue weighted by Gasteiger charge is 2.23. The fourth-order valence-electron chi connectivity index (χ4n) is 4.80. The van der Waals surface area contributed by atoms with Gasteiger partial charge in [0.25, 0.3) is 0 Å². The highest BCUT2D eigenvalue weighted by molar-refractivity contribution is 6.32. The molecule has 0 bridgehead atoms. The van der Waals surface area contributed by atoms with Crippen LogP contribution in [0.15, 0.2) is 24.5 Å². The molecule has 1 atom stereocenters. The number of nitrogens with zero attached hydrogens (tertiary/aromatic N) is 3. The highest BCUT2D eigenvalue weighted by atomic mass is 35.5. The molecule has 3 N–H and O–H groups in total. The molecular weight excluding hydrogens is 452 g/mol. The molecule has 2 aromatic rings. The third kappa shape index (κ3) is 7.25. The lowest BCUT2D eigenvalue weighted by Gasteiger charge is -2.31. The number of halogens is 1. The van der Waals surface area contributed by atoms with E-state index in [0.717, 1.165) is 82.0 Å². The van der Waals surface area contributed by atoms with E-state index in [1.54, 1.807) is 19.5 Å². The molecule has 1 saturated carbocycles. The summed E-state index contributed by atoms with van der Waals surface area (Å²) in [4.78, 5) is 13.7. The molecule has 3 heterocycles. The Labute approximate surface area is 207 Å². The van der Waals surface area contributed by atoms with Gasteiger partial charge in [0.1, 0.15) is 5.82 Å². The predicted octanol–water partition coefficient (Wildman–Crippen LogP) is 4.38. The number of pyridine rings is 1. The first-order chi connectivity index (χ1) is 16.6. The number of hydrogen-bond donors (Lipinski definition) is 3. The minimum atomic E-state index is 0.360. The standard InChI is InChI=1S/C25H37ClN6O2/c1-17(16-33-2)30-20-3-5-21(6-4-20)31-25-29-15-22(26)24(32-25)19-7-10-27-23(13-19)28-14-18-8-11-34-12-9-18/h7,10,13,15,17-18,20-21,30H,3-6,8-9,11-12,14,16H2,1-2H3,(H,27,28)(H,29,31,32). The lowest BCUT2D eigenvalue weighted by molar-refractivity contribution is 0.0699. The molecule has 0 amide bonds. The molecule has 0 aromatic carbocycles. The predicted molar refractivity (Wildman–Crippen MR) is 136 cm³/mol. The second kappa shape index (κ2) is 12.6. The number of methoxy groups -OCH3 is 1. The van der Waals surface area contributed by atoms with Crippen molar-refractivity contribution < 1.29 is 9.47 Å². The van der Waals surface area contributed by atoms with Crippen LogP contribution in [0.5, 0.6) is 0 Å². The van der Waals surface area contributed by atoms with Gasteiger partial charge in [0.05, 0.1) is 23.5 Å². The summed E-state index contributed by atoms with van der Waals surface area (Å²) in [6.07, 6.45) is 10.1. The molecule has 8 nitrogen and oxygen atoms in total. The van der Waals surface area contributed by atoms with Crippen LogP contribution in [-0.4, -0.2) is 66.6 Å². The number of rotatable bonds is 10. The Kier molecular flexibility index (Phi) is 9.33. The third-order valence-corrected chi connectivity index (χ3v) is 6.96. The van der Waals surface area contributed by atoms with E-state index in [-0.39, 0.29) is 0 Å². The third-order valence-electron chi connectivity index (χ3n) is 6.69. The Morgan fingerprint density at radius 3 is 2.65 bits per heavy atom. The quantitative estimate of drug-likeness (QED) is 0.453. The van der Waals surface area contributed by atoms with Crippen LogP contribution in [0, 0.1) is 5.92 Å². The Bertz CT molecular complexity index is 903. The maximum Gasteiger partial charge on any atom is 0.223 e. The molecule has 4 rings (SSSR count). The second-order valence-corrected chi connectivity index (χ2v) is 9.88. The molecule has 0 spiro atoms. The molecule has 1 saturated heterocycles. The van der Waals surface area contributed by atoms with Gasteiger partial charge >= 0.3 is 0 Å². The number of aromatic nitrogens is 3. The van der Waals surface area contributed by atoms with E-state index in [2.05, 4.69) is 32.8 Å². The van der Waals surface area contributed by atoms with Gasteiger partial charge in [-0.1, -0.05) is 11.6 Å². The molecule has 1 aliphatic heterocycles. The summed E-state index contributed by atoms with van der Waals surface area (Å²) in [6.45, 7) is 5.49. The fraction of sp³-hybridized carbons (Fsp3) is 0.640. The minimum absolute atomic E-state index is 0.360. The van der Waals surface area contributed by atoms with Crippen molar-refractivity contribution in [2.24, 2.45) is 5.92 Å². The molecule has 2 aliphatic rings. The zero-order valence-corrected chi connectivity index (χ0v) is 21.0. The van der Waals surface area contributed by atoms with Crippen LogP contribution >= 0.6 is 11.6 Å². The molecular formula is C25H37ClN6O2. The van der Waals surface area contributed by atoms with E-state index in [4.69, 9.17) is 26.1 Å². The van der Waals surface area contributed by atoms with E-state index < -0.39 is 0 Å². The van der Waals surface area contributed by atoms with Gasteiger partial charge in [-0.05, 0) is 63.5 Å². The van der Waals surface area contributed by atoms with Gasteiger partial charge in [-0.2, -0.15) is 0 Å². The SMILES string of the molecule is COCC(C)NC1CCC(Nc2ncc(Cl)c(-c3ccnc(NCC4CCOCC4)c3)n2)CC1. The molecule has 9 heteroatoms. The molecule has 1 aliphatic carbocycles. The number of hydrogen-bond acceptors (Lipinski definition) is 8. The van der Waals surface area contributed by atoms with Crippen molar-refractivity contribution in [3.8, 4) is 11.3 Å². The first-order valence-corrected chi connectivity index (χ1v) is 12.8. The van der Waals surface area contributed by atoms with Crippen molar-refractivity contribution in [2.75, 3.05) is 44.1 Å². The van der Waals surface area contributed by atoms with Crippen LogP contribution in [0.1, 0.15) is 45.4 Å². The Morgan fingerprint density at radius 1 is 1.12 bits per heavy atom. The van der Waals surface area contributed by atoms with Gasteiger partial charge < -0.3 is 25.4 Å². The van der Waals surface area contributed by atoms with E-state index >= 15 is 0 Å². The summed E-state index contributed by atoms with van der Waals surface area (Å²) in [6, 6.07) is 5.22. The normalized spacial score (nSPS) is 22.3. The Morgan fingerprint density at radius 2 is 1.88 bits per heavy atom. The molecule has 34 heavy (non-hydrogen) atoms. The molecule has 186 valence electrons. The van der Waals surface area contributed by atoms with Crippen molar-refractivity contribution in [3.05, 3.63) is 29.5 Å². The second-order valence-electron chi connectivity index (χ2n) is 9.47.